The molecule has 1 aliphatic carbocycles. The number of benzene rings is 1. The average Bonchev–Trinajstić information content (AvgIpc) is 2.37. The second kappa shape index (κ2) is 5.26. The zero-order valence-corrected chi connectivity index (χ0v) is 12.0. The lowest BCUT2D eigenvalue weighted by atomic mass is 9.74. The minimum Gasteiger partial charge on any atom is -0.459 e. The smallest absolute Gasteiger partial charge is 0.340 e. The maximum absolute atomic E-state index is 12.2. The normalized spacial score (nSPS) is 24.1. The lowest BCUT2D eigenvalue weighted by molar-refractivity contribution is -0.159. The summed E-state index contributed by atoms with van der Waals surface area (Å²) in [5, 5.41) is 0.513. The first-order valence-electron chi connectivity index (χ1n) is 6.98. The summed E-state index contributed by atoms with van der Waals surface area (Å²) in [6.07, 6.45) is 4.82. The maximum Gasteiger partial charge on any atom is 0.340 e. The topological polar surface area (TPSA) is 61.6 Å². The van der Waals surface area contributed by atoms with E-state index in [0.29, 0.717) is 22.9 Å². The van der Waals surface area contributed by atoms with Crippen molar-refractivity contribution in [2.75, 3.05) is 12.3 Å². The number of nitrogens with two attached hydrogens (primary N) is 1. The lowest BCUT2D eigenvalue weighted by Crippen LogP contribution is -2.48. The highest BCUT2D eigenvalue weighted by atomic mass is 35.5. The van der Waals surface area contributed by atoms with Crippen LogP contribution in [-0.4, -0.2) is 24.3 Å². The second-order valence-electron chi connectivity index (χ2n) is 5.64. The summed E-state index contributed by atoms with van der Waals surface area (Å²) in [7, 11) is 0. The third-order valence-electron chi connectivity index (χ3n) is 4.22. The van der Waals surface area contributed by atoms with Crippen LogP contribution in [0, 0.1) is 0 Å². The monoisotopic (exact) mass is 295 g/mol. The van der Waals surface area contributed by atoms with Gasteiger partial charge in [-0.1, -0.05) is 11.6 Å². The third-order valence-corrected chi connectivity index (χ3v) is 4.45. The zero-order chi connectivity index (χ0) is 14.2. The molecular weight excluding hydrogens is 278 g/mol. The van der Waals surface area contributed by atoms with Gasteiger partial charge in [-0.05, 0) is 37.5 Å². The molecular formula is C15H18ClNO3. The second-order valence-corrected chi connectivity index (χ2v) is 6.07. The quantitative estimate of drug-likeness (QED) is 0.672. The van der Waals surface area contributed by atoms with Gasteiger partial charge in [0, 0.05) is 23.6 Å². The third kappa shape index (κ3) is 2.63. The van der Waals surface area contributed by atoms with Crippen molar-refractivity contribution in [2.45, 2.75) is 43.8 Å². The zero-order valence-electron chi connectivity index (χ0n) is 11.2. The number of carbonyl (C=O) groups excluding carboxylic acids is 1. The fourth-order valence-corrected chi connectivity index (χ4v) is 3.12. The van der Waals surface area contributed by atoms with E-state index in [2.05, 4.69) is 0 Å². The fraction of sp³-hybridized carbons (Fsp3) is 0.533. The van der Waals surface area contributed by atoms with Crippen molar-refractivity contribution < 1.29 is 14.3 Å². The largest absolute Gasteiger partial charge is 0.459 e. The van der Waals surface area contributed by atoms with Crippen LogP contribution in [-0.2, 0) is 9.47 Å². The molecule has 1 heterocycles. The van der Waals surface area contributed by atoms with Gasteiger partial charge >= 0.3 is 5.97 Å². The lowest BCUT2D eigenvalue weighted by Gasteiger charge is -2.46. The molecule has 20 heavy (non-hydrogen) atoms. The fourth-order valence-electron chi connectivity index (χ4n) is 2.94. The molecule has 1 saturated heterocycles. The summed E-state index contributed by atoms with van der Waals surface area (Å²) in [4.78, 5) is 12.2. The number of hydrogen-bond donors (Lipinski definition) is 1. The number of esters is 1. The maximum atomic E-state index is 12.2. The molecule has 1 spiro atoms. The molecule has 2 aliphatic rings. The molecule has 1 aliphatic heterocycles. The van der Waals surface area contributed by atoms with Gasteiger partial charge in [0.15, 0.2) is 0 Å². The Balaban J connectivity index is 1.66. The Kier molecular flexibility index (Phi) is 3.61. The van der Waals surface area contributed by atoms with E-state index >= 15 is 0 Å². The molecule has 5 heteroatoms. The van der Waals surface area contributed by atoms with E-state index in [0.717, 1.165) is 25.7 Å². The molecule has 0 bridgehead atoms. The van der Waals surface area contributed by atoms with Gasteiger partial charge in [0.05, 0.1) is 17.8 Å². The van der Waals surface area contributed by atoms with Crippen LogP contribution in [0.25, 0.3) is 0 Å². The molecule has 4 nitrogen and oxygen atoms in total. The molecule has 0 radical (unpaired) electrons. The summed E-state index contributed by atoms with van der Waals surface area (Å²) >= 11 is 5.83. The molecule has 1 aromatic rings. The molecule has 0 amide bonds. The van der Waals surface area contributed by atoms with Crippen molar-refractivity contribution in [3.63, 3.8) is 0 Å². The van der Waals surface area contributed by atoms with Crippen LogP contribution in [0.1, 0.15) is 42.5 Å². The number of ether oxygens (including phenoxy) is 2. The molecule has 108 valence electrons. The minimum absolute atomic E-state index is 0.0330. The first kappa shape index (κ1) is 13.7. The number of rotatable bonds is 2. The molecule has 1 aromatic carbocycles. The van der Waals surface area contributed by atoms with E-state index < -0.39 is 0 Å². The molecule has 0 aromatic heterocycles. The van der Waals surface area contributed by atoms with Crippen molar-refractivity contribution in [3.05, 3.63) is 28.8 Å². The van der Waals surface area contributed by atoms with Crippen LogP contribution in [0.3, 0.4) is 0 Å². The number of nitrogen functional groups attached to an aromatic ring is 1. The Morgan fingerprint density at radius 2 is 2.25 bits per heavy atom. The van der Waals surface area contributed by atoms with Gasteiger partial charge in [0.1, 0.15) is 6.10 Å². The van der Waals surface area contributed by atoms with Crippen LogP contribution in [0.4, 0.5) is 5.69 Å². The van der Waals surface area contributed by atoms with Crippen LogP contribution in [0.5, 0.6) is 0 Å². The van der Waals surface area contributed by atoms with Gasteiger partial charge in [0.2, 0.25) is 0 Å². The highest BCUT2D eigenvalue weighted by molar-refractivity contribution is 6.31. The molecule has 1 unspecified atom stereocenters. The summed E-state index contributed by atoms with van der Waals surface area (Å²) in [5.74, 6) is -0.374. The van der Waals surface area contributed by atoms with E-state index in [1.165, 1.54) is 6.42 Å². The van der Waals surface area contributed by atoms with E-state index in [4.69, 9.17) is 26.8 Å². The Morgan fingerprint density at radius 1 is 1.45 bits per heavy atom. The molecule has 1 saturated carbocycles. The van der Waals surface area contributed by atoms with E-state index in [1.54, 1.807) is 18.2 Å². The Hall–Kier alpha value is -1.26. The van der Waals surface area contributed by atoms with Crippen molar-refractivity contribution >= 4 is 23.3 Å². The number of carbonyl (C=O) groups is 1. The molecule has 3 rings (SSSR count). The van der Waals surface area contributed by atoms with Crippen LogP contribution in [0.2, 0.25) is 5.02 Å². The number of halogens is 1. The predicted molar refractivity (Wildman–Crippen MR) is 76.8 cm³/mol. The van der Waals surface area contributed by atoms with Crippen LogP contribution in [0.15, 0.2) is 18.2 Å². The van der Waals surface area contributed by atoms with Gasteiger partial charge in [-0.25, -0.2) is 4.79 Å². The average molecular weight is 296 g/mol. The highest BCUT2D eigenvalue weighted by Crippen LogP contribution is 2.43. The first-order chi connectivity index (χ1) is 9.58. The van der Waals surface area contributed by atoms with Gasteiger partial charge < -0.3 is 15.2 Å². The van der Waals surface area contributed by atoms with Crippen LogP contribution >= 0.6 is 11.6 Å². The Labute approximate surface area is 123 Å². The summed E-state index contributed by atoms with van der Waals surface area (Å²) in [5.41, 5.74) is 6.51. The summed E-state index contributed by atoms with van der Waals surface area (Å²) in [6.45, 7) is 0.661. The minimum atomic E-state index is -0.374. The standard InChI is InChI=1S/C15H18ClNO3/c16-10-2-3-12(13(17)8-10)14(18)20-11-4-7-19-15(9-11)5-1-6-15/h2-3,8,11H,1,4-7,9,17H2. The SMILES string of the molecule is Nc1cc(Cl)ccc1C(=O)OC1CCOC2(CCC2)C1. The number of hydrogen-bond acceptors (Lipinski definition) is 4. The van der Waals surface area contributed by atoms with E-state index in [9.17, 15) is 4.79 Å². The Morgan fingerprint density at radius 3 is 2.90 bits per heavy atom. The molecule has 2 fully saturated rings. The first-order valence-corrected chi connectivity index (χ1v) is 7.36. The molecule has 1 atom stereocenters. The summed E-state index contributed by atoms with van der Waals surface area (Å²) < 4.78 is 11.4. The summed E-state index contributed by atoms with van der Waals surface area (Å²) in [6, 6.07) is 4.82. The molecule has 2 N–H and O–H groups in total. The Bertz CT molecular complexity index is 528. The van der Waals surface area contributed by atoms with Gasteiger partial charge in [-0.3, -0.25) is 0 Å². The van der Waals surface area contributed by atoms with E-state index in [-0.39, 0.29) is 17.7 Å². The van der Waals surface area contributed by atoms with Gasteiger partial charge in [0.25, 0.3) is 0 Å². The van der Waals surface area contributed by atoms with E-state index in [1.807, 2.05) is 0 Å². The van der Waals surface area contributed by atoms with Crippen LogP contribution < -0.4 is 5.73 Å². The van der Waals surface area contributed by atoms with Crippen molar-refractivity contribution in [1.29, 1.82) is 0 Å². The highest BCUT2D eigenvalue weighted by Gasteiger charge is 2.43. The van der Waals surface area contributed by atoms with Crippen molar-refractivity contribution in [1.82, 2.24) is 0 Å². The van der Waals surface area contributed by atoms with Gasteiger partial charge in [-0.2, -0.15) is 0 Å². The predicted octanol–water partition coefficient (Wildman–Crippen LogP) is 3.18. The van der Waals surface area contributed by atoms with Gasteiger partial charge in [-0.15, -0.1) is 0 Å². The van der Waals surface area contributed by atoms with Crippen molar-refractivity contribution in [2.24, 2.45) is 0 Å². The van der Waals surface area contributed by atoms with Crippen molar-refractivity contribution in [3.8, 4) is 0 Å². The number of anilines is 1.